The maximum atomic E-state index is 4.07. The standard InChI is InChI=1S/C16H27N3/c1-3-9-18-16-6-4-5-15(16)13-19(2)12-14-7-10-17-11-8-14/h7-8,10-11,15-16,18H,3-6,9,12-13H2,1-2H3. The first-order valence-electron chi connectivity index (χ1n) is 7.60. The van der Waals surface area contributed by atoms with Crippen LogP contribution in [0.25, 0.3) is 0 Å². The lowest BCUT2D eigenvalue weighted by Gasteiger charge is -2.26. The van der Waals surface area contributed by atoms with Gasteiger partial charge in [0.05, 0.1) is 0 Å². The summed E-state index contributed by atoms with van der Waals surface area (Å²) in [6.07, 6.45) is 9.11. The van der Waals surface area contributed by atoms with Gasteiger partial charge in [0.1, 0.15) is 0 Å². The van der Waals surface area contributed by atoms with Crippen LogP contribution in [0.2, 0.25) is 0 Å². The maximum absolute atomic E-state index is 4.07. The van der Waals surface area contributed by atoms with E-state index in [0.717, 1.165) is 25.0 Å². The molecule has 1 aliphatic rings. The molecule has 2 unspecified atom stereocenters. The van der Waals surface area contributed by atoms with Gasteiger partial charge in [-0.2, -0.15) is 0 Å². The minimum Gasteiger partial charge on any atom is -0.314 e. The quantitative estimate of drug-likeness (QED) is 0.818. The molecule has 106 valence electrons. The van der Waals surface area contributed by atoms with Gasteiger partial charge in [-0.3, -0.25) is 4.98 Å². The Labute approximate surface area is 117 Å². The van der Waals surface area contributed by atoms with Crippen molar-refractivity contribution < 1.29 is 0 Å². The molecule has 1 N–H and O–H groups in total. The van der Waals surface area contributed by atoms with Crippen molar-refractivity contribution in [2.24, 2.45) is 5.92 Å². The Morgan fingerprint density at radius 1 is 1.32 bits per heavy atom. The molecule has 3 nitrogen and oxygen atoms in total. The molecular formula is C16H27N3. The van der Waals surface area contributed by atoms with E-state index in [2.05, 4.69) is 41.3 Å². The molecular weight excluding hydrogens is 234 g/mol. The summed E-state index contributed by atoms with van der Waals surface area (Å²) in [5.41, 5.74) is 1.36. The van der Waals surface area contributed by atoms with Crippen molar-refractivity contribution in [1.82, 2.24) is 15.2 Å². The van der Waals surface area contributed by atoms with Crippen LogP contribution in [0, 0.1) is 5.92 Å². The van der Waals surface area contributed by atoms with Gasteiger partial charge in [-0.1, -0.05) is 13.3 Å². The van der Waals surface area contributed by atoms with Gasteiger partial charge in [-0.05, 0) is 56.5 Å². The highest BCUT2D eigenvalue weighted by Crippen LogP contribution is 2.26. The van der Waals surface area contributed by atoms with Crippen LogP contribution in [0.1, 0.15) is 38.2 Å². The molecule has 0 radical (unpaired) electrons. The lowest BCUT2D eigenvalue weighted by Crippen LogP contribution is -2.38. The minimum absolute atomic E-state index is 0.736. The van der Waals surface area contributed by atoms with E-state index < -0.39 is 0 Å². The summed E-state index contributed by atoms with van der Waals surface area (Å²) >= 11 is 0. The van der Waals surface area contributed by atoms with Gasteiger partial charge in [-0.25, -0.2) is 0 Å². The van der Waals surface area contributed by atoms with E-state index in [1.54, 1.807) is 0 Å². The molecule has 19 heavy (non-hydrogen) atoms. The highest BCUT2D eigenvalue weighted by atomic mass is 15.1. The van der Waals surface area contributed by atoms with Crippen molar-refractivity contribution >= 4 is 0 Å². The Morgan fingerprint density at radius 3 is 2.84 bits per heavy atom. The fourth-order valence-corrected chi connectivity index (χ4v) is 3.12. The molecule has 1 aliphatic carbocycles. The van der Waals surface area contributed by atoms with Crippen molar-refractivity contribution in [3.05, 3.63) is 30.1 Å². The fourth-order valence-electron chi connectivity index (χ4n) is 3.12. The van der Waals surface area contributed by atoms with Gasteiger partial charge in [0.15, 0.2) is 0 Å². The van der Waals surface area contributed by atoms with Crippen molar-refractivity contribution in [3.63, 3.8) is 0 Å². The van der Waals surface area contributed by atoms with Crippen molar-refractivity contribution in [2.45, 2.75) is 45.2 Å². The largest absolute Gasteiger partial charge is 0.314 e. The van der Waals surface area contributed by atoms with E-state index in [0.29, 0.717) is 0 Å². The van der Waals surface area contributed by atoms with Gasteiger partial charge >= 0.3 is 0 Å². The zero-order valence-corrected chi connectivity index (χ0v) is 12.3. The van der Waals surface area contributed by atoms with Crippen LogP contribution in [0.5, 0.6) is 0 Å². The van der Waals surface area contributed by atoms with Crippen molar-refractivity contribution in [3.8, 4) is 0 Å². The third-order valence-corrected chi connectivity index (χ3v) is 4.06. The smallest absolute Gasteiger partial charge is 0.0271 e. The first-order valence-corrected chi connectivity index (χ1v) is 7.60. The lowest BCUT2D eigenvalue weighted by molar-refractivity contribution is 0.245. The second kappa shape index (κ2) is 7.61. The number of aromatic nitrogens is 1. The monoisotopic (exact) mass is 261 g/mol. The highest BCUT2D eigenvalue weighted by Gasteiger charge is 2.27. The molecule has 0 spiro atoms. The molecule has 1 fully saturated rings. The minimum atomic E-state index is 0.736. The van der Waals surface area contributed by atoms with Crippen LogP contribution in [0.3, 0.4) is 0 Å². The van der Waals surface area contributed by atoms with Crippen LogP contribution in [0.4, 0.5) is 0 Å². The van der Waals surface area contributed by atoms with Crippen LogP contribution < -0.4 is 5.32 Å². The average molecular weight is 261 g/mol. The predicted octanol–water partition coefficient (Wildman–Crippen LogP) is 2.68. The summed E-state index contributed by atoms with van der Waals surface area (Å²) in [6.45, 7) is 5.63. The average Bonchev–Trinajstić information content (AvgIpc) is 2.84. The van der Waals surface area contributed by atoms with E-state index in [1.807, 2.05) is 12.4 Å². The van der Waals surface area contributed by atoms with Crippen LogP contribution >= 0.6 is 0 Å². The number of nitrogens with zero attached hydrogens (tertiary/aromatic N) is 2. The molecule has 1 aromatic rings. The predicted molar refractivity (Wildman–Crippen MR) is 80.0 cm³/mol. The van der Waals surface area contributed by atoms with Crippen molar-refractivity contribution in [2.75, 3.05) is 20.1 Å². The number of rotatable bonds is 7. The third kappa shape index (κ3) is 4.59. The van der Waals surface area contributed by atoms with E-state index in [-0.39, 0.29) is 0 Å². The van der Waals surface area contributed by atoms with E-state index >= 15 is 0 Å². The molecule has 2 atom stereocenters. The summed E-state index contributed by atoms with van der Waals surface area (Å²) in [5, 5.41) is 3.71. The zero-order chi connectivity index (χ0) is 13.5. The SMILES string of the molecule is CCCNC1CCCC1CN(C)Cc1ccncc1. The molecule has 0 saturated heterocycles. The molecule has 1 aromatic heterocycles. The van der Waals surface area contributed by atoms with Gasteiger partial charge in [0.2, 0.25) is 0 Å². The maximum Gasteiger partial charge on any atom is 0.0271 e. The number of hydrogen-bond acceptors (Lipinski definition) is 3. The molecule has 1 heterocycles. The molecule has 0 aliphatic heterocycles. The second-order valence-electron chi connectivity index (χ2n) is 5.80. The zero-order valence-electron chi connectivity index (χ0n) is 12.3. The number of pyridine rings is 1. The first-order chi connectivity index (χ1) is 9.29. The van der Waals surface area contributed by atoms with Crippen LogP contribution in [0.15, 0.2) is 24.5 Å². The second-order valence-corrected chi connectivity index (χ2v) is 5.80. The van der Waals surface area contributed by atoms with Gasteiger partial charge < -0.3 is 10.2 Å². The Hall–Kier alpha value is -0.930. The Morgan fingerprint density at radius 2 is 2.11 bits per heavy atom. The highest BCUT2D eigenvalue weighted by molar-refractivity contribution is 5.09. The van der Waals surface area contributed by atoms with Crippen molar-refractivity contribution in [1.29, 1.82) is 0 Å². The summed E-state index contributed by atoms with van der Waals surface area (Å²) in [5.74, 6) is 0.818. The summed E-state index contributed by atoms with van der Waals surface area (Å²) in [4.78, 5) is 6.52. The summed E-state index contributed by atoms with van der Waals surface area (Å²) < 4.78 is 0. The fraction of sp³-hybridized carbons (Fsp3) is 0.688. The van der Waals surface area contributed by atoms with Gasteiger partial charge in [-0.15, -0.1) is 0 Å². The van der Waals surface area contributed by atoms with Gasteiger partial charge in [0, 0.05) is 31.5 Å². The van der Waals surface area contributed by atoms with E-state index in [1.165, 1.54) is 37.8 Å². The van der Waals surface area contributed by atoms with Crippen LogP contribution in [-0.2, 0) is 6.54 Å². The lowest BCUT2D eigenvalue weighted by atomic mass is 10.0. The number of hydrogen-bond donors (Lipinski definition) is 1. The molecule has 2 rings (SSSR count). The Balaban J connectivity index is 1.79. The topological polar surface area (TPSA) is 28.2 Å². The van der Waals surface area contributed by atoms with E-state index in [9.17, 15) is 0 Å². The molecule has 0 bridgehead atoms. The first kappa shape index (κ1) is 14.5. The Kier molecular flexibility index (Phi) is 5.80. The van der Waals surface area contributed by atoms with Crippen LogP contribution in [-0.4, -0.2) is 36.1 Å². The molecule has 0 amide bonds. The molecule has 0 aromatic carbocycles. The number of nitrogens with one attached hydrogen (secondary N) is 1. The normalized spacial score (nSPS) is 23.1. The Bertz CT molecular complexity index is 352. The molecule has 1 saturated carbocycles. The third-order valence-electron chi connectivity index (χ3n) is 4.06. The van der Waals surface area contributed by atoms with E-state index in [4.69, 9.17) is 0 Å². The molecule has 3 heteroatoms. The summed E-state index contributed by atoms with van der Waals surface area (Å²) in [6, 6.07) is 4.95. The summed E-state index contributed by atoms with van der Waals surface area (Å²) in [7, 11) is 2.23. The van der Waals surface area contributed by atoms with Gasteiger partial charge in [0.25, 0.3) is 0 Å².